The van der Waals surface area contributed by atoms with Gasteiger partial charge in [0.15, 0.2) is 0 Å². The molecule has 0 atom stereocenters. The second kappa shape index (κ2) is 5.64. The van der Waals surface area contributed by atoms with Gasteiger partial charge in [-0.3, -0.25) is 0 Å². The van der Waals surface area contributed by atoms with Crippen molar-refractivity contribution in [3.05, 3.63) is 35.7 Å². The maximum atomic E-state index is 12.3. The average molecular weight is 288 g/mol. The molecule has 1 aromatic carbocycles. The lowest BCUT2D eigenvalue weighted by Gasteiger charge is -2.00. The standard InChI is InChI=1S/C12H11F3N2OS/c1-2-19-7-8-3-5-9(6-4-8)10-16-11(18-17-10)12(13,14)15/h3-6H,2,7H2,1H3. The van der Waals surface area contributed by atoms with Gasteiger partial charge in [0.1, 0.15) is 0 Å². The van der Waals surface area contributed by atoms with E-state index in [4.69, 9.17) is 0 Å². The number of thioether (sulfide) groups is 1. The van der Waals surface area contributed by atoms with Crippen molar-refractivity contribution in [1.82, 2.24) is 10.1 Å². The highest BCUT2D eigenvalue weighted by Gasteiger charge is 2.38. The zero-order valence-corrected chi connectivity index (χ0v) is 10.9. The summed E-state index contributed by atoms with van der Waals surface area (Å²) in [7, 11) is 0. The Labute approximate surface area is 112 Å². The van der Waals surface area contributed by atoms with E-state index in [9.17, 15) is 13.2 Å². The molecule has 19 heavy (non-hydrogen) atoms. The van der Waals surface area contributed by atoms with Crippen LogP contribution in [0.3, 0.4) is 0 Å². The first-order valence-electron chi connectivity index (χ1n) is 5.58. The molecule has 7 heteroatoms. The van der Waals surface area contributed by atoms with E-state index in [1.165, 1.54) is 0 Å². The number of alkyl halides is 3. The number of halogens is 3. The third-order valence-electron chi connectivity index (χ3n) is 2.35. The molecule has 0 unspecified atom stereocenters. The van der Waals surface area contributed by atoms with Gasteiger partial charge in [-0.05, 0) is 11.3 Å². The Bertz CT molecular complexity index is 537. The monoisotopic (exact) mass is 288 g/mol. The Morgan fingerprint density at radius 2 is 1.89 bits per heavy atom. The summed E-state index contributed by atoms with van der Waals surface area (Å²) < 4.78 is 41.2. The molecule has 2 rings (SSSR count). The maximum absolute atomic E-state index is 12.3. The van der Waals surface area contributed by atoms with E-state index in [-0.39, 0.29) is 5.82 Å². The minimum Gasteiger partial charge on any atom is -0.329 e. The molecular weight excluding hydrogens is 277 g/mol. The highest BCUT2D eigenvalue weighted by atomic mass is 32.2. The number of nitrogens with zero attached hydrogens (tertiary/aromatic N) is 2. The number of hydrogen-bond donors (Lipinski definition) is 0. The summed E-state index contributed by atoms with van der Waals surface area (Å²) in [5.41, 5.74) is 1.61. The summed E-state index contributed by atoms with van der Waals surface area (Å²) in [6.07, 6.45) is -4.61. The van der Waals surface area contributed by atoms with Gasteiger partial charge in [-0.15, -0.1) is 0 Å². The van der Waals surface area contributed by atoms with Crippen LogP contribution >= 0.6 is 11.8 Å². The molecule has 0 bridgehead atoms. The Morgan fingerprint density at radius 3 is 2.42 bits per heavy atom. The van der Waals surface area contributed by atoms with Crippen LogP contribution in [0, 0.1) is 0 Å². The van der Waals surface area contributed by atoms with Crippen LogP contribution in [0.25, 0.3) is 11.4 Å². The van der Waals surface area contributed by atoms with E-state index >= 15 is 0 Å². The first kappa shape index (κ1) is 13.9. The molecule has 0 fully saturated rings. The molecule has 1 aromatic heterocycles. The minimum absolute atomic E-state index is 0.0537. The summed E-state index contributed by atoms with van der Waals surface area (Å²) in [4.78, 5) is 3.34. The molecule has 0 amide bonds. The zero-order valence-electron chi connectivity index (χ0n) is 10.1. The van der Waals surface area contributed by atoms with Crippen LogP contribution in [0.1, 0.15) is 18.4 Å². The van der Waals surface area contributed by atoms with Crippen molar-refractivity contribution in [2.24, 2.45) is 0 Å². The number of rotatable bonds is 4. The summed E-state index contributed by atoms with van der Waals surface area (Å²) in [6.45, 7) is 2.07. The number of benzene rings is 1. The van der Waals surface area contributed by atoms with Crippen molar-refractivity contribution < 1.29 is 17.7 Å². The highest BCUT2D eigenvalue weighted by molar-refractivity contribution is 7.98. The van der Waals surface area contributed by atoms with Crippen molar-refractivity contribution in [1.29, 1.82) is 0 Å². The van der Waals surface area contributed by atoms with Gasteiger partial charge in [-0.2, -0.15) is 29.9 Å². The Balaban J connectivity index is 2.16. The lowest BCUT2D eigenvalue weighted by molar-refractivity contribution is -0.159. The minimum atomic E-state index is -4.61. The molecule has 2 aromatic rings. The second-order valence-corrected chi connectivity index (χ2v) is 5.03. The van der Waals surface area contributed by atoms with Crippen LogP contribution in [-0.2, 0) is 11.9 Å². The Kier molecular flexibility index (Phi) is 4.14. The van der Waals surface area contributed by atoms with Crippen LogP contribution in [0.15, 0.2) is 28.8 Å². The van der Waals surface area contributed by atoms with Gasteiger partial charge in [-0.1, -0.05) is 36.3 Å². The van der Waals surface area contributed by atoms with Gasteiger partial charge in [0.25, 0.3) is 0 Å². The fraction of sp³-hybridized carbons (Fsp3) is 0.333. The van der Waals surface area contributed by atoms with Crippen molar-refractivity contribution in [2.45, 2.75) is 18.9 Å². The molecule has 0 aliphatic heterocycles. The molecule has 0 aliphatic carbocycles. The second-order valence-electron chi connectivity index (χ2n) is 3.75. The van der Waals surface area contributed by atoms with E-state index in [0.717, 1.165) is 17.1 Å². The van der Waals surface area contributed by atoms with Gasteiger partial charge in [0, 0.05) is 11.3 Å². The molecule has 0 saturated carbocycles. The average Bonchev–Trinajstić information content (AvgIpc) is 2.86. The Morgan fingerprint density at radius 1 is 1.21 bits per heavy atom. The molecular formula is C12H11F3N2OS. The highest BCUT2D eigenvalue weighted by Crippen LogP contribution is 2.29. The van der Waals surface area contributed by atoms with Crippen LogP contribution in [0.2, 0.25) is 0 Å². The molecule has 0 aliphatic rings. The van der Waals surface area contributed by atoms with Crippen molar-refractivity contribution in [2.75, 3.05) is 5.75 Å². The van der Waals surface area contributed by atoms with Crippen LogP contribution in [0.5, 0.6) is 0 Å². The van der Waals surface area contributed by atoms with Crippen LogP contribution < -0.4 is 0 Å². The topological polar surface area (TPSA) is 38.9 Å². The summed E-state index contributed by atoms with van der Waals surface area (Å²) in [5, 5.41) is 3.33. The van der Waals surface area contributed by atoms with Crippen molar-refractivity contribution in [3.63, 3.8) is 0 Å². The normalized spacial score (nSPS) is 11.8. The predicted molar refractivity (Wildman–Crippen MR) is 66.6 cm³/mol. The third kappa shape index (κ3) is 3.50. The summed E-state index contributed by atoms with van der Waals surface area (Å²) >= 11 is 1.77. The molecule has 102 valence electrons. The fourth-order valence-corrected chi connectivity index (χ4v) is 2.06. The number of hydrogen-bond acceptors (Lipinski definition) is 4. The fourth-order valence-electron chi connectivity index (χ4n) is 1.43. The first-order valence-corrected chi connectivity index (χ1v) is 6.74. The van der Waals surface area contributed by atoms with Gasteiger partial charge in [0.2, 0.25) is 5.82 Å². The molecule has 0 spiro atoms. The molecule has 0 N–H and O–H groups in total. The maximum Gasteiger partial charge on any atom is 0.471 e. The lowest BCUT2D eigenvalue weighted by Crippen LogP contribution is -2.04. The van der Waals surface area contributed by atoms with Gasteiger partial charge in [-0.25, -0.2) is 0 Å². The number of aromatic nitrogens is 2. The van der Waals surface area contributed by atoms with Gasteiger partial charge in [0.05, 0.1) is 0 Å². The van der Waals surface area contributed by atoms with Gasteiger partial charge < -0.3 is 4.52 Å². The van der Waals surface area contributed by atoms with Crippen LogP contribution in [-0.4, -0.2) is 15.9 Å². The largest absolute Gasteiger partial charge is 0.471 e. The van der Waals surface area contributed by atoms with Crippen LogP contribution in [0.4, 0.5) is 13.2 Å². The molecule has 1 heterocycles. The Hall–Kier alpha value is -1.50. The first-order chi connectivity index (χ1) is 9.00. The summed E-state index contributed by atoms with van der Waals surface area (Å²) in [5.74, 6) is 0.508. The summed E-state index contributed by atoms with van der Waals surface area (Å²) in [6, 6.07) is 7.08. The third-order valence-corrected chi connectivity index (χ3v) is 3.30. The molecule has 0 radical (unpaired) electrons. The molecule has 0 saturated heterocycles. The van der Waals surface area contributed by atoms with E-state index in [1.54, 1.807) is 23.9 Å². The van der Waals surface area contributed by atoms with Crippen molar-refractivity contribution >= 4 is 11.8 Å². The van der Waals surface area contributed by atoms with Crippen molar-refractivity contribution in [3.8, 4) is 11.4 Å². The quantitative estimate of drug-likeness (QED) is 0.852. The van der Waals surface area contributed by atoms with E-state index < -0.39 is 12.1 Å². The van der Waals surface area contributed by atoms with E-state index in [1.807, 2.05) is 12.1 Å². The smallest absolute Gasteiger partial charge is 0.329 e. The SMILES string of the molecule is CCSCc1ccc(-c2noc(C(F)(F)F)n2)cc1. The lowest BCUT2D eigenvalue weighted by atomic mass is 10.1. The zero-order chi connectivity index (χ0) is 13.9. The van der Waals surface area contributed by atoms with E-state index in [2.05, 4.69) is 21.6 Å². The predicted octanol–water partition coefficient (Wildman–Crippen LogP) is 4.01. The molecule has 3 nitrogen and oxygen atoms in total. The van der Waals surface area contributed by atoms with Gasteiger partial charge >= 0.3 is 12.1 Å². The van der Waals surface area contributed by atoms with E-state index in [0.29, 0.717) is 5.56 Å².